The molecule has 0 bridgehead atoms. The zero-order valence-corrected chi connectivity index (χ0v) is 21.5. The average Bonchev–Trinajstić information content (AvgIpc) is 2.84. The van der Waals surface area contributed by atoms with Gasteiger partial charge in [0.15, 0.2) is 5.11 Å². The lowest BCUT2D eigenvalue weighted by Gasteiger charge is -2.32. The molecule has 1 N–H and O–H groups in total. The van der Waals surface area contributed by atoms with Gasteiger partial charge in [-0.25, -0.2) is 4.79 Å². The van der Waals surface area contributed by atoms with Gasteiger partial charge in [-0.3, -0.25) is 0 Å². The van der Waals surface area contributed by atoms with Crippen LogP contribution in [0.5, 0.6) is 0 Å². The summed E-state index contributed by atoms with van der Waals surface area (Å²) in [5.74, 6) is -0.317. The van der Waals surface area contributed by atoms with E-state index in [4.69, 9.17) is 21.7 Å². The second-order valence-corrected chi connectivity index (χ2v) is 8.94. The molecule has 0 fully saturated rings. The average molecular weight is 484 g/mol. The van der Waals surface area contributed by atoms with Gasteiger partial charge in [0.2, 0.25) is 0 Å². The van der Waals surface area contributed by atoms with Crippen molar-refractivity contribution in [1.29, 1.82) is 0 Å². The van der Waals surface area contributed by atoms with E-state index < -0.39 is 0 Å². The molecule has 1 aliphatic rings. The van der Waals surface area contributed by atoms with Crippen LogP contribution in [0.4, 0.5) is 11.4 Å². The number of fused-ring (bicyclic) bond motifs is 1. The lowest BCUT2D eigenvalue weighted by molar-refractivity contribution is 0.0526. The number of carbonyl (C=O) groups is 1. The highest BCUT2D eigenvalue weighted by Crippen LogP contribution is 2.28. The number of thiocarbonyl (C=S) groups is 1. The number of aryl methyl sites for hydroxylation is 1. The number of carbonyl (C=O) groups excluding carboxylic acids is 1. The first kappa shape index (κ1) is 26.0. The largest absolute Gasteiger partial charge is 0.462 e. The first-order valence-electron chi connectivity index (χ1n) is 12.2. The Morgan fingerprint density at radius 2 is 1.97 bits per heavy atom. The van der Waals surface area contributed by atoms with Gasteiger partial charge >= 0.3 is 5.97 Å². The van der Waals surface area contributed by atoms with Crippen molar-refractivity contribution in [3.63, 3.8) is 0 Å². The Balaban J connectivity index is 1.70. The molecule has 0 atom stereocenters. The molecule has 1 heterocycles. The van der Waals surface area contributed by atoms with Gasteiger partial charge < -0.3 is 24.6 Å². The minimum Gasteiger partial charge on any atom is -0.462 e. The fourth-order valence-corrected chi connectivity index (χ4v) is 4.58. The monoisotopic (exact) mass is 483 g/mol. The minimum absolute atomic E-state index is 0.317. The molecule has 6 nitrogen and oxygen atoms in total. The number of nitrogens with one attached hydrogen (secondary N) is 1. The van der Waals surface area contributed by atoms with E-state index in [1.165, 1.54) is 23.2 Å². The smallest absolute Gasteiger partial charge is 0.338 e. The summed E-state index contributed by atoms with van der Waals surface area (Å²) in [5, 5.41) is 3.99. The summed E-state index contributed by atoms with van der Waals surface area (Å²) in [6.45, 7) is 8.86. The molecule has 184 valence electrons. The SMILES string of the molecule is CCCN1CCCc2cc(CN(CCCOC)C(=S)Nc3ccc(C(=O)OCC)cc3)ccc21. The lowest BCUT2D eigenvalue weighted by atomic mass is 9.99. The van der Waals surface area contributed by atoms with Gasteiger partial charge in [0.05, 0.1) is 12.2 Å². The fourth-order valence-electron chi connectivity index (χ4n) is 4.31. The number of rotatable bonds is 11. The Bertz CT molecular complexity index is 949. The topological polar surface area (TPSA) is 54.0 Å². The van der Waals surface area contributed by atoms with Crippen molar-refractivity contribution in [2.75, 3.05) is 50.2 Å². The number of nitrogens with zero attached hydrogens (tertiary/aromatic N) is 2. The molecule has 1 aliphatic heterocycles. The van der Waals surface area contributed by atoms with Crippen LogP contribution in [0.15, 0.2) is 42.5 Å². The van der Waals surface area contributed by atoms with Gasteiger partial charge in [-0.15, -0.1) is 0 Å². The van der Waals surface area contributed by atoms with E-state index in [2.05, 4.69) is 40.2 Å². The second kappa shape index (κ2) is 13.3. The summed E-state index contributed by atoms with van der Waals surface area (Å²) in [6, 6.07) is 14.1. The van der Waals surface area contributed by atoms with Crippen LogP contribution in [0.25, 0.3) is 0 Å². The molecule has 7 heteroatoms. The highest BCUT2D eigenvalue weighted by molar-refractivity contribution is 7.80. The van der Waals surface area contributed by atoms with Crippen molar-refractivity contribution in [3.05, 3.63) is 59.2 Å². The van der Waals surface area contributed by atoms with Crippen molar-refractivity contribution in [2.45, 2.75) is 46.1 Å². The molecule has 2 aromatic carbocycles. The number of hydrogen-bond acceptors (Lipinski definition) is 5. The Labute approximate surface area is 209 Å². The summed E-state index contributed by atoms with van der Waals surface area (Å²) in [4.78, 5) is 16.6. The first-order valence-corrected chi connectivity index (χ1v) is 12.6. The van der Waals surface area contributed by atoms with Gasteiger partial charge in [0.25, 0.3) is 0 Å². The van der Waals surface area contributed by atoms with Crippen molar-refractivity contribution in [2.24, 2.45) is 0 Å². The highest BCUT2D eigenvalue weighted by atomic mass is 32.1. The number of anilines is 2. The molecule has 0 radical (unpaired) electrons. The Kier molecular flexibility index (Phi) is 10.2. The summed E-state index contributed by atoms with van der Waals surface area (Å²) in [5.41, 5.74) is 5.45. The second-order valence-electron chi connectivity index (χ2n) is 8.55. The van der Waals surface area contributed by atoms with Crippen LogP contribution in [0, 0.1) is 0 Å². The number of methoxy groups -OCH3 is 1. The van der Waals surface area contributed by atoms with Crippen molar-refractivity contribution < 1.29 is 14.3 Å². The molecule has 0 aliphatic carbocycles. The third-order valence-corrected chi connectivity index (χ3v) is 6.30. The molecule has 0 saturated carbocycles. The molecule has 0 spiro atoms. The van der Waals surface area contributed by atoms with Crippen LogP contribution >= 0.6 is 12.2 Å². The Morgan fingerprint density at radius 3 is 2.68 bits per heavy atom. The molecule has 0 saturated heterocycles. The number of ether oxygens (including phenoxy) is 2. The predicted molar refractivity (Wildman–Crippen MR) is 143 cm³/mol. The molecule has 0 amide bonds. The predicted octanol–water partition coefficient (Wildman–Crippen LogP) is 5.26. The summed E-state index contributed by atoms with van der Waals surface area (Å²) in [6.07, 6.45) is 4.38. The van der Waals surface area contributed by atoms with Gasteiger partial charge in [0.1, 0.15) is 0 Å². The minimum atomic E-state index is -0.317. The molecule has 34 heavy (non-hydrogen) atoms. The van der Waals surface area contributed by atoms with Crippen LogP contribution in [-0.4, -0.2) is 55.9 Å². The van der Waals surface area contributed by atoms with Gasteiger partial charge in [-0.1, -0.05) is 19.1 Å². The molecular weight excluding hydrogens is 446 g/mol. The summed E-state index contributed by atoms with van der Waals surface area (Å²) >= 11 is 5.78. The van der Waals surface area contributed by atoms with Crippen LogP contribution in [-0.2, 0) is 22.4 Å². The molecule has 0 unspecified atom stereocenters. The van der Waals surface area contributed by atoms with Gasteiger partial charge in [-0.2, -0.15) is 0 Å². The molecule has 0 aromatic heterocycles. The maximum absolute atomic E-state index is 11.9. The van der Waals surface area contributed by atoms with Crippen LogP contribution in [0.3, 0.4) is 0 Å². The van der Waals surface area contributed by atoms with Gasteiger partial charge in [0, 0.05) is 51.3 Å². The highest BCUT2D eigenvalue weighted by Gasteiger charge is 2.18. The maximum atomic E-state index is 11.9. The van der Waals surface area contributed by atoms with Crippen LogP contribution in [0.2, 0.25) is 0 Å². The third kappa shape index (κ3) is 7.18. The van der Waals surface area contributed by atoms with Gasteiger partial charge in [-0.05, 0) is 86.3 Å². The summed E-state index contributed by atoms with van der Waals surface area (Å²) in [7, 11) is 1.72. The van der Waals surface area contributed by atoms with Crippen molar-refractivity contribution in [3.8, 4) is 0 Å². The molecule has 3 rings (SSSR count). The van der Waals surface area contributed by atoms with E-state index in [1.807, 2.05) is 12.1 Å². The van der Waals surface area contributed by atoms with E-state index in [0.717, 1.165) is 51.1 Å². The van der Waals surface area contributed by atoms with Crippen molar-refractivity contribution in [1.82, 2.24) is 4.90 Å². The fraction of sp³-hybridized carbons (Fsp3) is 0.481. The quantitative estimate of drug-likeness (QED) is 0.266. The van der Waals surface area contributed by atoms with E-state index in [0.29, 0.717) is 23.9 Å². The van der Waals surface area contributed by atoms with Crippen LogP contribution < -0.4 is 10.2 Å². The Hall–Kier alpha value is -2.64. The van der Waals surface area contributed by atoms with E-state index in [1.54, 1.807) is 26.2 Å². The third-order valence-electron chi connectivity index (χ3n) is 5.94. The van der Waals surface area contributed by atoms with E-state index in [-0.39, 0.29) is 5.97 Å². The van der Waals surface area contributed by atoms with E-state index in [9.17, 15) is 4.79 Å². The zero-order valence-electron chi connectivity index (χ0n) is 20.6. The Morgan fingerprint density at radius 1 is 1.18 bits per heavy atom. The standard InChI is InChI=1S/C27H37N3O3S/c1-4-15-29-16-6-8-23-19-21(9-14-25(23)29)20-30(17-7-18-32-3)27(34)28-24-12-10-22(11-13-24)26(31)33-5-2/h9-14,19H,4-8,15-18,20H2,1-3H3,(H,28,34). The zero-order chi connectivity index (χ0) is 24.3. The van der Waals surface area contributed by atoms with Crippen LogP contribution in [0.1, 0.15) is 54.6 Å². The summed E-state index contributed by atoms with van der Waals surface area (Å²) < 4.78 is 10.3. The number of esters is 1. The normalized spacial score (nSPS) is 12.7. The molecular formula is C27H37N3O3S. The number of benzene rings is 2. The lowest BCUT2D eigenvalue weighted by Crippen LogP contribution is -2.35. The maximum Gasteiger partial charge on any atom is 0.338 e. The van der Waals surface area contributed by atoms with Crippen molar-refractivity contribution >= 4 is 34.7 Å². The molecule has 2 aromatic rings. The first-order chi connectivity index (χ1) is 16.5. The van der Waals surface area contributed by atoms with E-state index >= 15 is 0 Å². The number of hydrogen-bond donors (Lipinski definition) is 1.